The predicted octanol–water partition coefficient (Wildman–Crippen LogP) is 1.17. The fraction of sp³-hybridized carbons (Fsp3) is 0.333. The number of nitrogens with zero attached hydrogens (tertiary/aromatic N) is 1. The van der Waals surface area contributed by atoms with Gasteiger partial charge in [0, 0.05) is 12.7 Å². The maximum Gasteiger partial charge on any atom is 0.277 e. The van der Waals surface area contributed by atoms with E-state index in [9.17, 15) is 18.0 Å². The molecule has 0 amide bonds. The van der Waals surface area contributed by atoms with Crippen LogP contribution >= 0.6 is 0 Å². The molecule has 0 bridgehead atoms. The lowest BCUT2D eigenvalue weighted by Gasteiger charge is -2.23. The van der Waals surface area contributed by atoms with Gasteiger partial charge in [-0.2, -0.15) is 0 Å². The van der Waals surface area contributed by atoms with Gasteiger partial charge in [0.05, 0.1) is 4.90 Å². The van der Waals surface area contributed by atoms with Crippen LogP contribution in [-0.2, 0) is 22.8 Å². The van der Waals surface area contributed by atoms with Crippen molar-refractivity contribution < 1.29 is 13.2 Å². The van der Waals surface area contributed by atoms with Crippen LogP contribution in [0.3, 0.4) is 0 Å². The summed E-state index contributed by atoms with van der Waals surface area (Å²) in [5, 5.41) is 1.49. The van der Waals surface area contributed by atoms with E-state index >= 15 is 0 Å². The second-order valence-corrected chi connectivity index (χ2v) is 7.38. The number of hydrogen-bond donors (Lipinski definition) is 1. The Hall–Kier alpha value is -2.15. The van der Waals surface area contributed by atoms with E-state index in [0.29, 0.717) is 13.0 Å². The van der Waals surface area contributed by atoms with Crippen LogP contribution in [0.4, 0.5) is 0 Å². The Balaban J connectivity index is 2.05. The molecule has 1 aliphatic heterocycles. The number of fused-ring (bicyclic) bond motifs is 1. The molecule has 7 heteroatoms. The molecule has 116 valence electrons. The fourth-order valence-electron chi connectivity index (χ4n) is 2.85. The molecule has 2 heterocycles. The molecule has 0 aliphatic carbocycles. The molecule has 22 heavy (non-hydrogen) atoms. The lowest BCUT2D eigenvalue weighted by Crippen LogP contribution is -2.37. The third-order valence-electron chi connectivity index (χ3n) is 4.04. The number of ketones is 1. The first kappa shape index (κ1) is 14.8. The number of aromatic amines is 1. The lowest BCUT2D eigenvalue weighted by molar-refractivity contribution is 0.0981. The molecule has 0 fully saturated rings. The quantitative estimate of drug-likeness (QED) is 0.860. The van der Waals surface area contributed by atoms with Crippen LogP contribution in [0.1, 0.15) is 29.3 Å². The van der Waals surface area contributed by atoms with E-state index in [1.54, 1.807) is 25.1 Å². The van der Waals surface area contributed by atoms with Crippen molar-refractivity contribution in [3.05, 3.63) is 51.9 Å². The molecule has 1 aromatic carbocycles. The van der Waals surface area contributed by atoms with Gasteiger partial charge in [-0.15, -0.1) is 0 Å². The normalized spacial score (nSPS) is 19.6. The minimum Gasteiger partial charge on any atom is -0.302 e. The molecule has 1 N–H and O–H groups in total. The minimum atomic E-state index is -3.76. The Morgan fingerprint density at radius 3 is 2.77 bits per heavy atom. The summed E-state index contributed by atoms with van der Waals surface area (Å²) in [5.74, 6) is -0.622. The molecule has 1 atom stereocenters. The number of aryl methyl sites for hydroxylation is 2. The van der Waals surface area contributed by atoms with E-state index < -0.39 is 26.4 Å². The maximum absolute atomic E-state index is 12.7. The van der Waals surface area contributed by atoms with Crippen LogP contribution in [0.5, 0.6) is 0 Å². The monoisotopic (exact) mass is 320 g/mol. The van der Waals surface area contributed by atoms with E-state index in [-0.39, 0.29) is 16.9 Å². The summed E-state index contributed by atoms with van der Waals surface area (Å²) in [6.07, 6.45) is 2.01. The SMILES string of the molecule is CCn1[nH]cc(C(=O)C2CCc3ccccc3S2(=O)=O)c1=O. The van der Waals surface area contributed by atoms with Gasteiger partial charge in [0.1, 0.15) is 10.8 Å². The number of rotatable bonds is 3. The van der Waals surface area contributed by atoms with Gasteiger partial charge < -0.3 is 5.10 Å². The number of sulfone groups is 1. The van der Waals surface area contributed by atoms with E-state index in [0.717, 1.165) is 5.56 Å². The number of hydrogen-bond acceptors (Lipinski definition) is 4. The van der Waals surface area contributed by atoms with E-state index in [1.165, 1.54) is 16.9 Å². The van der Waals surface area contributed by atoms with Gasteiger partial charge in [0.25, 0.3) is 5.56 Å². The van der Waals surface area contributed by atoms with Crippen molar-refractivity contribution in [2.75, 3.05) is 0 Å². The first-order valence-electron chi connectivity index (χ1n) is 7.11. The Kier molecular flexibility index (Phi) is 3.52. The van der Waals surface area contributed by atoms with Crippen LogP contribution in [-0.4, -0.2) is 29.2 Å². The highest BCUT2D eigenvalue weighted by Crippen LogP contribution is 2.30. The molecule has 2 aromatic rings. The molecule has 1 aromatic heterocycles. The highest BCUT2D eigenvalue weighted by molar-refractivity contribution is 7.93. The summed E-state index contributed by atoms with van der Waals surface area (Å²) in [6.45, 7) is 2.16. The van der Waals surface area contributed by atoms with Crippen molar-refractivity contribution in [3.8, 4) is 0 Å². The molecule has 3 rings (SSSR count). The van der Waals surface area contributed by atoms with Crippen molar-refractivity contribution in [2.24, 2.45) is 0 Å². The van der Waals surface area contributed by atoms with Crippen molar-refractivity contribution >= 4 is 15.6 Å². The van der Waals surface area contributed by atoms with Crippen molar-refractivity contribution in [1.82, 2.24) is 9.78 Å². The smallest absolute Gasteiger partial charge is 0.277 e. The molecule has 0 spiro atoms. The van der Waals surface area contributed by atoms with Crippen LogP contribution in [0.25, 0.3) is 0 Å². The molecule has 0 saturated carbocycles. The Morgan fingerprint density at radius 1 is 1.36 bits per heavy atom. The highest BCUT2D eigenvalue weighted by atomic mass is 32.2. The van der Waals surface area contributed by atoms with Gasteiger partial charge >= 0.3 is 0 Å². The van der Waals surface area contributed by atoms with Crippen LogP contribution in [0, 0.1) is 0 Å². The topological polar surface area (TPSA) is 89.0 Å². The van der Waals surface area contributed by atoms with E-state index in [4.69, 9.17) is 0 Å². The van der Waals surface area contributed by atoms with E-state index in [2.05, 4.69) is 5.10 Å². The van der Waals surface area contributed by atoms with Gasteiger partial charge in [-0.1, -0.05) is 18.2 Å². The molecular weight excluding hydrogens is 304 g/mol. The first-order chi connectivity index (χ1) is 10.5. The Morgan fingerprint density at radius 2 is 2.09 bits per heavy atom. The highest BCUT2D eigenvalue weighted by Gasteiger charge is 2.40. The van der Waals surface area contributed by atoms with Crippen molar-refractivity contribution in [2.45, 2.75) is 36.5 Å². The van der Waals surface area contributed by atoms with Gasteiger partial charge in [0.15, 0.2) is 15.6 Å². The first-order valence-corrected chi connectivity index (χ1v) is 8.65. The number of aromatic nitrogens is 2. The fourth-order valence-corrected chi connectivity index (χ4v) is 4.80. The minimum absolute atomic E-state index is 0.0881. The van der Waals surface area contributed by atoms with Crippen LogP contribution < -0.4 is 5.56 Å². The maximum atomic E-state index is 12.7. The van der Waals surface area contributed by atoms with Gasteiger partial charge in [-0.3, -0.25) is 14.3 Å². The number of Topliss-reactive ketones (excluding diaryl/α,β-unsaturated/α-hetero) is 1. The van der Waals surface area contributed by atoms with Gasteiger partial charge in [0.2, 0.25) is 0 Å². The average molecular weight is 320 g/mol. The third-order valence-corrected chi connectivity index (χ3v) is 6.25. The summed E-state index contributed by atoms with van der Waals surface area (Å²) in [7, 11) is -3.76. The molecule has 0 saturated heterocycles. The number of carbonyl (C=O) groups excluding carboxylic acids is 1. The van der Waals surface area contributed by atoms with Crippen LogP contribution in [0.2, 0.25) is 0 Å². The lowest BCUT2D eigenvalue weighted by atomic mass is 10.0. The third kappa shape index (κ3) is 2.12. The largest absolute Gasteiger partial charge is 0.302 e. The summed E-state index contributed by atoms with van der Waals surface area (Å²) < 4.78 is 26.6. The van der Waals surface area contributed by atoms with E-state index in [1.807, 2.05) is 0 Å². The number of carbonyl (C=O) groups is 1. The van der Waals surface area contributed by atoms with Gasteiger partial charge in [-0.25, -0.2) is 8.42 Å². The number of H-pyrrole nitrogens is 1. The number of nitrogens with one attached hydrogen (secondary N) is 1. The summed E-state index contributed by atoms with van der Waals surface area (Å²) in [6, 6.07) is 6.70. The molecule has 0 radical (unpaired) electrons. The number of benzene rings is 1. The summed E-state index contributed by atoms with van der Waals surface area (Å²) in [4.78, 5) is 24.8. The Bertz CT molecular complexity index is 892. The second kappa shape index (κ2) is 5.24. The van der Waals surface area contributed by atoms with Crippen LogP contribution in [0.15, 0.2) is 40.2 Å². The molecular formula is C15H16N2O4S. The van der Waals surface area contributed by atoms with Crippen molar-refractivity contribution in [3.63, 3.8) is 0 Å². The standard InChI is InChI=1S/C15H16N2O4S/c1-2-17-15(19)11(9-16-17)14(18)13-8-7-10-5-3-4-6-12(10)22(13,20)21/h3-6,9,13,16H,2,7-8H2,1H3. The predicted molar refractivity (Wildman–Crippen MR) is 80.8 cm³/mol. The molecule has 1 unspecified atom stereocenters. The summed E-state index contributed by atoms with van der Waals surface area (Å²) >= 11 is 0. The zero-order valence-corrected chi connectivity index (χ0v) is 12.9. The zero-order valence-electron chi connectivity index (χ0n) is 12.1. The molecule has 6 nitrogen and oxygen atoms in total. The summed E-state index contributed by atoms with van der Waals surface area (Å²) in [5.41, 5.74) is 0.169. The van der Waals surface area contributed by atoms with Crippen molar-refractivity contribution in [1.29, 1.82) is 0 Å². The van der Waals surface area contributed by atoms with Gasteiger partial charge in [-0.05, 0) is 31.4 Å². The molecule has 1 aliphatic rings. The second-order valence-electron chi connectivity index (χ2n) is 5.28. The Labute approximate surface area is 127 Å². The zero-order chi connectivity index (χ0) is 15.9. The average Bonchev–Trinajstić information content (AvgIpc) is 2.87.